The van der Waals surface area contributed by atoms with Gasteiger partial charge in [0.25, 0.3) is 0 Å². The summed E-state index contributed by atoms with van der Waals surface area (Å²) in [6, 6.07) is 13.9. The second-order valence-electron chi connectivity index (χ2n) is 6.66. The Kier molecular flexibility index (Phi) is 5.60. The van der Waals surface area contributed by atoms with E-state index in [9.17, 15) is 0 Å². The quantitative estimate of drug-likeness (QED) is 0.760. The lowest BCUT2D eigenvalue weighted by Gasteiger charge is -2.22. The maximum atomic E-state index is 3.69. The fourth-order valence-corrected chi connectivity index (χ4v) is 3.22. The van der Waals surface area contributed by atoms with E-state index in [0.29, 0.717) is 6.04 Å². The molecule has 0 amide bonds. The van der Waals surface area contributed by atoms with Crippen LogP contribution in [0, 0.1) is 0 Å². The lowest BCUT2D eigenvalue weighted by Crippen LogP contribution is -2.24. The molecular weight excluding hydrogens is 274 g/mol. The molecule has 1 aromatic carbocycles. The average molecular weight is 301 g/mol. The van der Waals surface area contributed by atoms with Gasteiger partial charge >= 0.3 is 0 Å². The Morgan fingerprint density at radius 2 is 1.81 bits per heavy atom. The van der Waals surface area contributed by atoms with Crippen LogP contribution in [-0.2, 0) is 11.8 Å². The van der Waals surface area contributed by atoms with Crippen molar-refractivity contribution in [1.29, 1.82) is 0 Å². The lowest BCUT2D eigenvalue weighted by molar-refractivity contribution is 0.531. The summed E-state index contributed by atoms with van der Waals surface area (Å²) in [7, 11) is 0. The summed E-state index contributed by atoms with van der Waals surface area (Å²) < 4.78 is 0. The highest BCUT2D eigenvalue weighted by Gasteiger charge is 2.16. The van der Waals surface area contributed by atoms with Crippen molar-refractivity contribution in [1.82, 2.24) is 5.32 Å². The van der Waals surface area contributed by atoms with Gasteiger partial charge in [-0.25, -0.2) is 0 Å². The number of thiophene rings is 1. The molecule has 0 aliphatic carbocycles. The normalized spacial score (nSPS) is 13.3. The van der Waals surface area contributed by atoms with Gasteiger partial charge in [-0.15, -0.1) is 11.3 Å². The highest BCUT2D eigenvalue weighted by Crippen LogP contribution is 2.26. The van der Waals surface area contributed by atoms with Gasteiger partial charge in [-0.2, -0.15) is 0 Å². The van der Waals surface area contributed by atoms with Crippen LogP contribution in [0.2, 0.25) is 0 Å². The number of hydrogen-bond donors (Lipinski definition) is 1. The van der Waals surface area contributed by atoms with Gasteiger partial charge in [0, 0.05) is 17.3 Å². The van der Waals surface area contributed by atoms with Gasteiger partial charge in [0.05, 0.1) is 0 Å². The first kappa shape index (κ1) is 16.3. The van der Waals surface area contributed by atoms with Crippen molar-refractivity contribution in [3.63, 3.8) is 0 Å². The third-order valence-electron chi connectivity index (χ3n) is 3.81. The van der Waals surface area contributed by atoms with Crippen LogP contribution in [0.5, 0.6) is 0 Å². The summed E-state index contributed by atoms with van der Waals surface area (Å²) in [5, 5.41) is 5.85. The van der Waals surface area contributed by atoms with Crippen molar-refractivity contribution in [2.24, 2.45) is 0 Å². The van der Waals surface area contributed by atoms with Gasteiger partial charge in [-0.3, -0.25) is 0 Å². The molecule has 114 valence electrons. The van der Waals surface area contributed by atoms with E-state index in [-0.39, 0.29) is 5.41 Å². The van der Waals surface area contributed by atoms with Crippen LogP contribution in [-0.4, -0.2) is 6.54 Å². The van der Waals surface area contributed by atoms with Crippen LogP contribution in [0.1, 0.15) is 56.2 Å². The van der Waals surface area contributed by atoms with Crippen molar-refractivity contribution in [2.45, 2.75) is 52.0 Å². The maximum Gasteiger partial charge on any atom is 0.0368 e. The first-order chi connectivity index (χ1) is 10.0. The molecular formula is C19H27NS. The number of hydrogen-bond acceptors (Lipinski definition) is 2. The minimum absolute atomic E-state index is 0.221. The number of nitrogens with one attached hydrogen (secondary N) is 1. The van der Waals surface area contributed by atoms with Crippen LogP contribution in [0.25, 0.3) is 0 Å². The SMILES string of the molecule is CCCNC(Cc1cccs1)c1ccc(C(C)(C)C)cc1. The van der Waals surface area contributed by atoms with Crippen LogP contribution in [0.3, 0.4) is 0 Å². The summed E-state index contributed by atoms with van der Waals surface area (Å²) in [5.74, 6) is 0. The zero-order valence-corrected chi connectivity index (χ0v) is 14.5. The summed E-state index contributed by atoms with van der Waals surface area (Å²) in [6.07, 6.45) is 2.24. The predicted octanol–water partition coefficient (Wildman–Crippen LogP) is 5.33. The van der Waals surface area contributed by atoms with Crippen LogP contribution in [0.15, 0.2) is 41.8 Å². The predicted molar refractivity (Wildman–Crippen MR) is 94.2 cm³/mol. The topological polar surface area (TPSA) is 12.0 Å². The zero-order chi connectivity index (χ0) is 15.3. The molecule has 21 heavy (non-hydrogen) atoms. The molecule has 0 spiro atoms. The van der Waals surface area contributed by atoms with Gasteiger partial charge < -0.3 is 5.32 Å². The summed E-state index contributed by atoms with van der Waals surface area (Å²) >= 11 is 1.85. The number of benzene rings is 1. The molecule has 0 aliphatic heterocycles. The Bertz CT molecular complexity index is 520. The lowest BCUT2D eigenvalue weighted by atomic mass is 9.86. The summed E-state index contributed by atoms with van der Waals surface area (Å²) in [5.41, 5.74) is 3.01. The molecule has 2 heteroatoms. The van der Waals surface area contributed by atoms with E-state index in [1.54, 1.807) is 0 Å². The standard InChI is InChI=1S/C19H27NS/c1-5-12-20-18(14-17-7-6-13-21-17)15-8-10-16(11-9-15)19(2,3)4/h6-11,13,18,20H,5,12,14H2,1-4H3. The fourth-order valence-electron chi connectivity index (χ4n) is 2.47. The molecule has 0 bridgehead atoms. The van der Waals surface area contributed by atoms with Crippen molar-refractivity contribution in [2.75, 3.05) is 6.54 Å². The van der Waals surface area contributed by atoms with E-state index in [1.807, 2.05) is 11.3 Å². The summed E-state index contributed by atoms with van der Waals surface area (Å²) in [4.78, 5) is 1.45. The Hall–Kier alpha value is -1.12. The van der Waals surface area contributed by atoms with Crippen LogP contribution in [0.4, 0.5) is 0 Å². The maximum absolute atomic E-state index is 3.69. The largest absolute Gasteiger partial charge is 0.310 e. The molecule has 0 saturated heterocycles. The van der Waals surface area contributed by atoms with Crippen molar-refractivity contribution in [3.05, 3.63) is 57.8 Å². The van der Waals surface area contributed by atoms with E-state index in [1.165, 1.54) is 22.4 Å². The van der Waals surface area contributed by atoms with E-state index >= 15 is 0 Å². The first-order valence-electron chi connectivity index (χ1n) is 7.87. The molecule has 0 saturated carbocycles. The molecule has 0 radical (unpaired) electrons. The third-order valence-corrected chi connectivity index (χ3v) is 4.70. The van der Waals surface area contributed by atoms with Gasteiger partial charge in [-0.05, 0) is 41.0 Å². The van der Waals surface area contributed by atoms with E-state index in [2.05, 4.69) is 74.8 Å². The van der Waals surface area contributed by atoms with Crippen LogP contribution < -0.4 is 5.32 Å². The fraction of sp³-hybridized carbons (Fsp3) is 0.474. The Morgan fingerprint density at radius 3 is 2.33 bits per heavy atom. The Balaban J connectivity index is 2.15. The smallest absolute Gasteiger partial charge is 0.0368 e. The van der Waals surface area contributed by atoms with E-state index in [0.717, 1.165) is 13.0 Å². The monoisotopic (exact) mass is 301 g/mol. The molecule has 2 rings (SSSR count). The second kappa shape index (κ2) is 7.24. The molecule has 1 unspecified atom stereocenters. The highest BCUT2D eigenvalue weighted by molar-refractivity contribution is 7.09. The van der Waals surface area contributed by atoms with E-state index in [4.69, 9.17) is 0 Å². The third kappa shape index (κ3) is 4.69. The molecule has 0 fully saturated rings. The van der Waals surface area contributed by atoms with Gasteiger partial charge in [-0.1, -0.05) is 58.0 Å². The molecule has 1 atom stereocenters. The minimum atomic E-state index is 0.221. The molecule has 1 nitrogen and oxygen atoms in total. The van der Waals surface area contributed by atoms with Gasteiger partial charge in [0.15, 0.2) is 0 Å². The highest BCUT2D eigenvalue weighted by atomic mass is 32.1. The van der Waals surface area contributed by atoms with Crippen molar-refractivity contribution < 1.29 is 0 Å². The minimum Gasteiger partial charge on any atom is -0.310 e. The van der Waals surface area contributed by atoms with Crippen LogP contribution >= 0.6 is 11.3 Å². The van der Waals surface area contributed by atoms with Crippen molar-refractivity contribution >= 4 is 11.3 Å². The summed E-state index contributed by atoms with van der Waals surface area (Å²) in [6.45, 7) is 10.1. The Labute approximate surface area is 133 Å². The van der Waals surface area contributed by atoms with Gasteiger partial charge in [0.1, 0.15) is 0 Å². The molecule has 2 aromatic rings. The molecule has 1 heterocycles. The average Bonchev–Trinajstić information content (AvgIpc) is 2.95. The van der Waals surface area contributed by atoms with Gasteiger partial charge in [0.2, 0.25) is 0 Å². The second-order valence-corrected chi connectivity index (χ2v) is 7.69. The number of rotatable bonds is 6. The molecule has 1 N–H and O–H groups in total. The Morgan fingerprint density at radius 1 is 1.10 bits per heavy atom. The first-order valence-corrected chi connectivity index (χ1v) is 8.75. The van der Waals surface area contributed by atoms with E-state index < -0.39 is 0 Å². The molecule has 1 aromatic heterocycles. The van der Waals surface area contributed by atoms with Crippen molar-refractivity contribution in [3.8, 4) is 0 Å². The zero-order valence-electron chi connectivity index (χ0n) is 13.6. The molecule has 0 aliphatic rings.